The summed E-state index contributed by atoms with van der Waals surface area (Å²) in [5.74, 6) is -0.822. The zero-order valence-electron chi connectivity index (χ0n) is 10.1. The van der Waals surface area contributed by atoms with Gasteiger partial charge in [0.1, 0.15) is 6.04 Å². The highest BCUT2D eigenvalue weighted by Gasteiger charge is 2.18. The molecule has 1 unspecified atom stereocenters. The number of carboxylic acid groups (broad SMARTS) is 1. The van der Waals surface area contributed by atoms with Crippen molar-refractivity contribution in [3.63, 3.8) is 0 Å². The van der Waals surface area contributed by atoms with Crippen molar-refractivity contribution in [2.24, 2.45) is 0 Å². The van der Waals surface area contributed by atoms with Crippen molar-refractivity contribution in [3.8, 4) is 0 Å². The van der Waals surface area contributed by atoms with Crippen LogP contribution in [0.25, 0.3) is 0 Å². The molecule has 88 valence electrons. The summed E-state index contributed by atoms with van der Waals surface area (Å²) >= 11 is 0. The fraction of sp³-hybridized carbons (Fsp3) is 0.462. The topological polar surface area (TPSA) is 49.3 Å². The minimum absolute atomic E-state index is 0.598. The molecule has 16 heavy (non-hydrogen) atoms. The first kappa shape index (κ1) is 12.7. The molecule has 0 spiro atoms. The molecule has 2 N–H and O–H groups in total. The van der Waals surface area contributed by atoms with Gasteiger partial charge in [0, 0.05) is 0 Å². The van der Waals surface area contributed by atoms with Crippen LogP contribution in [-0.2, 0) is 4.79 Å². The molecule has 0 aliphatic rings. The van der Waals surface area contributed by atoms with Crippen LogP contribution >= 0.6 is 0 Å². The van der Waals surface area contributed by atoms with Gasteiger partial charge in [0.25, 0.3) is 0 Å². The van der Waals surface area contributed by atoms with Crippen LogP contribution in [-0.4, -0.2) is 17.6 Å². The molecule has 1 aromatic carbocycles. The minimum Gasteiger partial charge on any atom is -0.480 e. The summed E-state index contributed by atoms with van der Waals surface area (Å²) < 4.78 is 0. The Kier molecular flexibility index (Phi) is 4.50. The second-order valence-electron chi connectivity index (χ2n) is 4.07. The Labute approximate surface area is 96.5 Å². The van der Waals surface area contributed by atoms with Crippen molar-refractivity contribution < 1.29 is 9.90 Å². The highest BCUT2D eigenvalue weighted by Crippen LogP contribution is 2.17. The Morgan fingerprint density at radius 3 is 2.56 bits per heavy atom. The van der Waals surface area contributed by atoms with Crippen molar-refractivity contribution in [2.45, 2.75) is 33.2 Å². The second-order valence-corrected chi connectivity index (χ2v) is 4.07. The van der Waals surface area contributed by atoms with Gasteiger partial charge in [-0.25, -0.2) is 0 Å². The Morgan fingerprint density at radius 2 is 2.06 bits per heavy atom. The molecule has 1 aromatic rings. The fourth-order valence-corrected chi connectivity index (χ4v) is 1.58. The van der Waals surface area contributed by atoms with Crippen molar-refractivity contribution in [3.05, 3.63) is 34.9 Å². The highest BCUT2D eigenvalue weighted by molar-refractivity contribution is 5.75. The second kappa shape index (κ2) is 5.66. The molecular formula is C13H19NO2. The Bertz CT molecular complexity index is 374. The molecule has 3 nitrogen and oxygen atoms in total. The van der Waals surface area contributed by atoms with Gasteiger partial charge >= 0.3 is 5.97 Å². The van der Waals surface area contributed by atoms with Crippen molar-refractivity contribution in [1.29, 1.82) is 0 Å². The van der Waals surface area contributed by atoms with Gasteiger partial charge in [0.15, 0.2) is 0 Å². The molecule has 0 heterocycles. The van der Waals surface area contributed by atoms with E-state index >= 15 is 0 Å². The van der Waals surface area contributed by atoms with Crippen molar-refractivity contribution >= 4 is 5.97 Å². The molecule has 0 bridgehead atoms. The Balaban J connectivity index is 2.92. The molecule has 0 aliphatic heterocycles. The van der Waals surface area contributed by atoms with Gasteiger partial charge in [-0.15, -0.1) is 0 Å². The number of hydrogen-bond acceptors (Lipinski definition) is 2. The molecule has 0 fully saturated rings. The number of aliphatic carboxylic acids is 1. The molecule has 0 saturated carbocycles. The molecule has 0 amide bonds. The first-order chi connectivity index (χ1) is 7.56. The van der Waals surface area contributed by atoms with Crippen LogP contribution in [0.15, 0.2) is 18.2 Å². The summed E-state index contributed by atoms with van der Waals surface area (Å²) in [7, 11) is 0. The first-order valence-corrected chi connectivity index (χ1v) is 5.59. The van der Waals surface area contributed by atoms with Gasteiger partial charge in [-0.05, 0) is 43.5 Å². The lowest BCUT2D eigenvalue weighted by atomic mass is 10.0. The Hall–Kier alpha value is -1.35. The van der Waals surface area contributed by atoms with E-state index in [0.717, 1.165) is 17.5 Å². The van der Waals surface area contributed by atoms with Crippen LogP contribution in [0.5, 0.6) is 0 Å². The van der Waals surface area contributed by atoms with E-state index in [1.54, 1.807) is 0 Å². The number of carbonyl (C=O) groups is 1. The van der Waals surface area contributed by atoms with E-state index in [9.17, 15) is 4.79 Å². The molecular weight excluding hydrogens is 202 g/mol. The third kappa shape index (κ3) is 3.07. The lowest BCUT2D eigenvalue weighted by Gasteiger charge is -2.15. The molecule has 0 aromatic heterocycles. The SMILES string of the molecule is CCCNC(C(=O)O)c1ccc(C)c(C)c1. The lowest BCUT2D eigenvalue weighted by Crippen LogP contribution is -2.29. The summed E-state index contributed by atoms with van der Waals surface area (Å²) in [6.45, 7) is 6.75. The van der Waals surface area contributed by atoms with E-state index in [-0.39, 0.29) is 0 Å². The summed E-state index contributed by atoms with van der Waals surface area (Å²) in [6, 6.07) is 5.19. The predicted molar refractivity (Wildman–Crippen MR) is 64.6 cm³/mol. The highest BCUT2D eigenvalue weighted by atomic mass is 16.4. The van der Waals surface area contributed by atoms with E-state index in [2.05, 4.69) is 5.32 Å². The van der Waals surface area contributed by atoms with E-state index < -0.39 is 12.0 Å². The number of nitrogens with one attached hydrogen (secondary N) is 1. The molecule has 0 radical (unpaired) electrons. The van der Waals surface area contributed by atoms with Gasteiger partial charge in [-0.3, -0.25) is 4.79 Å². The number of benzene rings is 1. The summed E-state index contributed by atoms with van der Waals surface area (Å²) in [4.78, 5) is 11.1. The van der Waals surface area contributed by atoms with E-state index in [0.29, 0.717) is 6.54 Å². The average molecular weight is 221 g/mol. The molecule has 1 rings (SSSR count). The third-order valence-corrected chi connectivity index (χ3v) is 2.71. The summed E-state index contributed by atoms with van der Waals surface area (Å²) in [5.41, 5.74) is 3.13. The van der Waals surface area contributed by atoms with Crippen LogP contribution in [0.1, 0.15) is 36.1 Å². The monoisotopic (exact) mass is 221 g/mol. The van der Waals surface area contributed by atoms with E-state index in [1.165, 1.54) is 5.56 Å². The molecule has 1 atom stereocenters. The third-order valence-electron chi connectivity index (χ3n) is 2.71. The van der Waals surface area contributed by atoms with Gasteiger partial charge < -0.3 is 10.4 Å². The number of aryl methyl sites for hydroxylation is 2. The van der Waals surface area contributed by atoms with Gasteiger partial charge in [0.05, 0.1) is 0 Å². The largest absolute Gasteiger partial charge is 0.480 e. The van der Waals surface area contributed by atoms with Crippen LogP contribution in [0.2, 0.25) is 0 Å². The van der Waals surface area contributed by atoms with Crippen LogP contribution < -0.4 is 5.32 Å². The maximum Gasteiger partial charge on any atom is 0.325 e. The van der Waals surface area contributed by atoms with E-state index in [1.807, 2.05) is 39.0 Å². The average Bonchev–Trinajstić information content (AvgIpc) is 2.23. The van der Waals surface area contributed by atoms with Crippen LogP contribution in [0.4, 0.5) is 0 Å². The predicted octanol–water partition coefficient (Wildman–Crippen LogP) is 2.43. The maximum atomic E-state index is 11.1. The molecule has 3 heteroatoms. The molecule has 0 saturated heterocycles. The number of carboxylic acids is 1. The standard InChI is InChI=1S/C13H19NO2/c1-4-7-14-12(13(15)16)11-6-5-9(2)10(3)8-11/h5-6,8,12,14H,4,7H2,1-3H3,(H,15,16). The summed E-state index contributed by atoms with van der Waals surface area (Å²) in [5, 5.41) is 12.2. The Morgan fingerprint density at radius 1 is 1.38 bits per heavy atom. The first-order valence-electron chi connectivity index (χ1n) is 5.59. The van der Waals surface area contributed by atoms with E-state index in [4.69, 9.17) is 5.11 Å². The number of rotatable bonds is 5. The van der Waals surface area contributed by atoms with Gasteiger partial charge in [-0.2, -0.15) is 0 Å². The van der Waals surface area contributed by atoms with Crippen LogP contribution in [0.3, 0.4) is 0 Å². The smallest absolute Gasteiger partial charge is 0.325 e. The zero-order chi connectivity index (χ0) is 12.1. The van der Waals surface area contributed by atoms with Crippen molar-refractivity contribution in [1.82, 2.24) is 5.32 Å². The van der Waals surface area contributed by atoms with Gasteiger partial charge in [0.2, 0.25) is 0 Å². The maximum absolute atomic E-state index is 11.1. The zero-order valence-corrected chi connectivity index (χ0v) is 10.1. The lowest BCUT2D eigenvalue weighted by molar-refractivity contribution is -0.139. The van der Waals surface area contributed by atoms with Crippen LogP contribution in [0, 0.1) is 13.8 Å². The quantitative estimate of drug-likeness (QED) is 0.802. The summed E-state index contributed by atoms with van der Waals surface area (Å²) in [6.07, 6.45) is 0.925. The fourth-order valence-electron chi connectivity index (χ4n) is 1.58. The normalized spacial score (nSPS) is 12.4. The number of hydrogen-bond donors (Lipinski definition) is 2. The minimum atomic E-state index is -0.822. The van der Waals surface area contributed by atoms with Crippen molar-refractivity contribution in [2.75, 3.05) is 6.54 Å². The van der Waals surface area contributed by atoms with Gasteiger partial charge in [-0.1, -0.05) is 25.1 Å². The molecule has 0 aliphatic carbocycles.